The van der Waals surface area contributed by atoms with E-state index >= 15 is 0 Å². The molecule has 6 nitrogen and oxygen atoms in total. The fourth-order valence-electron chi connectivity index (χ4n) is 3.38. The molecule has 0 saturated heterocycles. The van der Waals surface area contributed by atoms with E-state index in [1.807, 2.05) is 63.3 Å². The lowest BCUT2D eigenvalue weighted by Gasteiger charge is -2.22. The fourth-order valence-corrected chi connectivity index (χ4v) is 3.65. The van der Waals surface area contributed by atoms with Crippen LogP contribution < -0.4 is 22.1 Å². The minimum atomic E-state index is -0.237. The second kappa shape index (κ2) is 7.60. The van der Waals surface area contributed by atoms with E-state index in [9.17, 15) is 4.79 Å². The van der Waals surface area contributed by atoms with Gasteiger partial charge < -0.3 is 11.1 Å². The lowest BCUT2D eigenvalue weighted by molar-refractivity contribution is 0.774. The van der Waals surface area contributed by atoms with E-state index in [1.165, 1.54) is 0 Å². The van der Waals surface area contributed by atoms with Gasteiger partial charge in [-0.1, -0.05) is 41.9 Å². The van der Waals surface area contributed by atoms with Crippen LogP contribution >= 0.6 is 11.6 Å². The minimum absolute atomic E-state index is 0.165. The Labute approximate surface area is 173 Å². The van der Waals surface area contributed by atoms with Crippen molar-refractivity contribution in [1.82, 2.24) is 14.5 Å². The molecule has 0 saturated carbocycles. The van der Waals surface area contributed by atoms with Gasteiger partial charge in [-0.2, -0.15) is 4.98 Å². The summed E-state index contributed by atoms with van der Waals surface area (Å²) >= 11 is 6.36. The Kier molecular flexibility index (Phi) is 4.98. The van der Waals surface area contributed by atoms with Gasteiger partial charge in [0, 0.05) is 17.6 Å². The summed E-state index contributed by atoms with van der Waals surface area (Å²) in [6.45, 7) is 1.97. The third kappa shape index (κ3) is 3.57. The van der Waals surface area contributed by atoms with Gasteiger partial charge in [0.05, 0.1) is 16.5 Å². The highest BCUT2D eigenvalue weighted by Gasteiger charge is 2.18. The number of hydrogen-bond acceptors (Lipinski definition) is 5. The first-order chi connectivity index (χ1) is 14.0. The van der Waals surface area contributed by atoms with Crippen molar-refractivity contribution in [3.8, 4) is 5.69 Å². The third-order valence-electron chi connectivity index (χ3n) is 4.83. The number of halogens is 1. The van der Waals surface area contributed by atoms with Crippen molar-refractivity contribution < 1.29 is 0 Å². The van der Waals surface area contributed by atoms with Crippen molar-refractivity contribution >= 4 is 47.4 Å². The normalized spacial score (nSPS) is 12.1. The third-order valence-corrected chi connectivity index (χ3v) is 5.14. The average molecular weight is 404 g/mol. The molecule has 0 unspecified atom stereocenters. The van der Waals surface area contributed by atoms with Gasteiger partial charge in [-0.25, -0.2) is 4.98 Å². The molecule has 0 aliphatic heterocycles. The molecule has 0 fully saturated rings. The number of hydrogen-bond donors (Lipinski definition) is 2. The first-order valence-electron chi connectivity index (χ1n) is 9.21. The monoisotopic (exact) mass is 403 g/mol. The molecular formula is C21H19BClN5O. The molecule has 4 aromatic rings. The van der Waals surface area contributed by atoms with E-state index in [0.717, 1.165) is 22.2 Å². The Morgan fingerprint density at radius 1 is 1.17 bits per heavy atom. The summed E-state index contributed by atoms with van der Waals surface area (Å²) in [7, 11) is 1.90. The highest BCUT2D eigenvalue weighted by molar-refractivity contribution is 6.35. The van der Waals surface area contributed by atoms with Crippen molar-refractivity contribution in [2.24, 2.45) is 0 Å². The topological polar surface area (TPSA) is 85.8 Å². The Morgan fingerprint density at radius 3 is 2.69 bits per heavy atom. The smallest absolute Gasteiger partial charge is 0.264 e. The summed E-state index contributed by atoms with van der Waals surface area (Å²) < 4.78 is 1.69. The van der Waals surface area contributed by atoms with Crippen molar-refractivity contribution in [2.45, 2.75) is 13.0 Å². The van der Waals surface area contributed by atoms with Crippen LogP contribution in [0.2, 0.25) is 5.02 Å². The second-order valence-electron chi connectivity index (χ2n) is 6.88. The molecule has 144 valence electrons. The number of pyridine rings is 1. The lowest BCUT2D eigenvalue weighted by Crippen LogP contribution is -2.27. The van der Waals surface area contributed by atoms with Gasteiger partial charge in [-0.15, -0.1) is 0 Å². The summed E-state index contributed by atoms with van der Waals surface area (Å²) in [5.74, 6) is 0.819. The molecule has 4 rings (SSSR count). The largest absolute Gasteiger partial charge is 0.368 e. The number of nitrogens with one attached hydrogen (secondary N) is 1. The van der Waals surface area contributed by atoms with Gasteiger partial charge in [0.25, 0.3) is 5.56 Å². The van der Waals surface area contributed by atoms with Gasteiger partial charge in [0.2, 0.25) is 5.95 Å². The van der Waals surface area contributed by atoms with Crippen LogP contribution in [0.5, 0.6) is 0 Å². The molecule has 2 aromatic carbocycles. The predicted molar refractivity (Wildman–Crippen MR) is 121 cm³/mol. The van der Waals surface area contributed by atoms with E-state index in [1.54, 1.807) is 16.8 Å². The Morgan fingerprint density at radius 2 is 1.93 bits per heavy atom. The van der Waals surface area contributed by atoms with Crippen LogP contribution in [0.3, 0.4) is 0 Å². The molecule has 8 heteroatoms. The Balaban J connectivity index is 1.93. The van der Waals surface area contributed by atoms with Crippen LogP contribution in [0.1, 0.15) is 18.7 Å². The predicted octanol–water partition coefficient (Wildman–Crippen LogP) is 2.45. The lowest BCUT2D eigenvalue weighted by atomic mass is 9.98. The van der Waals surface area contributed by atoms with E-state index in [-0.39, 0.29) is 17.5 Å². The van der Waals surface area contributed by atoms with Gasteiger partial charge >= 0.3 is 0 Å². The van der Waals surface area contributed by atoms with Crippen LogP contribution in [0, 0.1) is 0 Å². The van der Waals surface area contributed by atoms with Crippen molar-refractivity contribution in [3.63, 3.8) is 0 Å². The summed E-state index contributed by atoms with van der Waals surface area (Å²) in [5.41, 5.74) is 8.00. The molecule has 0 aliphatic carbocycles. The first-order valence-corrected chi connectivity index (χ1v) is 9.59. The molecule has 0 bridgehead atoms. The quantitative estimate of drug-likeness (QED) is 0.511. The molecule has 29 heavy (non-hydrogen) atoms. The SMILES string of the molecule is Bc1cnc(N)nc1N[C@@H](C)c1cc2cccc(Cl)c2c(=O)n1-c1ccccc1. The van der Waals surface area contributed by atoms with E-state index < -0.39 is 0 Å². The first kappa shape index (κ1) is 19.0. The average Bonchev–Trinajstić information content (AvgIpc) is 2.71. The number of aromatic nitrogens is 3. The maximum Gasteiger partial charge on any atom is 0.264 e. The van der Waals surface area contributed by atoms with Crippen molar-refractivity contribution in [1.29, 1.82) is 0 Å². The number of fused-ring (bicyclic) bond motifs is 1. The second-order valence-corrected chi connectivity index (χ2v) is 7.28. The van der Waals surface area contributed by atoms with E-state index in [0.29, 0.717) is 16.2 Å². The summed E-state index contributed by atoms with van der Waals surface area (Å²) in [6.07, 6.45) is 1.67. The number of anilines is 2. The number of nitrogens with two attached hydrogens (primary N) is 1. The molecule has 2 heterocycles. The summed E-state index contributed by atoms with van der Waals surface area (Å²) in [6, 6.07) is 16.7. The molecular weight excluding hydrogens is 385 g/mol. The zero-order valence-electron chi connectivity index (χ0n) is 16.1. The van der Waals surface area contributed by atoms with Gasteiger partial charge in [-0.3, -0.25) is 9.36 Å². The van der Waals surface area contributed by atoms with Crippen LogP contribution in [-0.2, 0) is 0 Å². The molecule has 1 atom stereocenters. The number of benzene rings is 2. The zero-order valence-corrected chi connectivity index (χ0v) is 16.8. The number of nitrogen functional groups attached to an aromatic ring is 1. The number of nitrogens with zero attached hydrogens (tertiary/aromatic N) is 3. The molecule has 0 amide bonds. The van der Waals surface area contributed by atoms with Gasteiger partial charge in [-0.05, 0) is 42.0 Å². The summed E-state index contributed by atoms with van der Waals surface area (Å²) in [5, 5.41) is 5.08. The number of para-hydroxylation sites is 1. The Bertz CT molecular complexity index is 1260. The van der Waals surface area contributed by atoms with Crippen molar-refractivity contribution in [3.05, 3.63) is 81.9 Å². The highest BCUT2D eigenvalue weighted by atomic mass is 35.5. The Hall–Kier alpha value is -3.32. The fraction of sp³-hybridized carbons (Fsp3) is 0.0952. The molecule has 2 aromatic heterocycles. The summed E-state index contributed by atoms with van der Waals surface area (Å²) in [4.78, 5) is 21.7. The molecule has 0 spiro atoms. The molecule has 0 aliphatic rings. The van der Waals surface area contributed by atoms with Crippen LogP contribution in [-0.4, -0.2) is 22.4 Å². The van der Waals surface area contributed by atoms with Gasteiger partial charge in [0.15, 0.2) is 0 Å². The highest BCUT2D eigenvalue weighted by Crippen LogP contribution is 2.26. The zero-order chi connectivity index (χ0) is 20.5. The van der Waals surface area contributed by atoms with Gasteiger partial charge in [0.1, 0.15) is 13.7 Å². The standard InChI is InChI=1S/C21H19BClN5O/c1-12(26-19-15(22)11-25-21(24)27-19)17-10-13-6-5-9-16(23)18(13)20(29)28(17)14-7-3-2-4-8-14/h2-12H,22H2,1H3,(H3,24,25,26,27)/t12-/m0/s1. The van der Waals surface area contributed by atoms with Crippen LogP contribution in [0.15, 0.2) is 65.6 Å². The minimum Gasteiger partial charge on any atom is -0.368 e. The van der Waals surface area contributed by atoms with Crippen molar-refractivity contribution in [2.75, 3.05) is 11.1 Å². The van der Waals surface area contributed by atoms with Crippen LogP contribution in [0.4, 0.5) is 11.8 Å². The number of rotatable bonds is 4. The molecule has 0 radical (unpaired) electrons. The maximum absolute atomic E-state index is 13.5. The van der Waals surface area contributed by atoms with E-state index in [2.05, 4.69) is 15.3 Å². The van der Waals surface area contributed by atoms with E-state index in [4.69, 9.17) is 17.3 Å². The maximum atomic E-state index is 13.5. The van der Waals surface area contributed by atoms with Crippen LogP contribution in [0.25, 0.3) is 16.5 Å². The molecule has 3 N–H and O–H groups in total.